The Labute approximate surface area is 159 Å². The molecular weight excluding hydrogens is 330 g/mol. The van der Waals surface area contributed by atoms with E-state index in [1.165, 1.54) is 27.8 Å². The predicted octanol–water partition coefficient (Wildman–Crippen LogP) is 4.92. The number of nitrogens with zero attached hydrogens (tertiary/aromatic N) is 3. The first-order valence-corrected chi connectivity index (χ1v) is 9.10. The van der Waals surface area contributed by atoms with E-state index in [2.05, 4.69) is 91.6 Å². The van der Waals surface area contributed by atoms with Crippen LogP contribution in [0.4, 0.5) is 0 Å². The fraction of sp³-hybridized carbons (Fsp3) is 0.167. The summed E-state index contributed by atoms with van der Waals surface area (Å²) < 4.78 is 4.60. The maximum atomic E-state index is 9.24. The zero-order chi connectivity index (χ0) is 19.1. The van der Waals surface area contributed by atoms with Crippen LogP contribution in [0.3, 0.4) is 0 Å². The standard InChI is InChI=1S/C24H22N3/c1-16-8-7-9-17(2)23(16)27-22-11-6-5-10-21(22)26(4)24(27)20-13-12-19(15-25)14-18(20)3/h5-14H,1-4H3/q+1. The molecule has 3 aromatic carbocycles. The minimum atomic E-state index is 0.689. The molecule has 0 amide bonds. The second-order valence-corrected chi connectivity index (χ2v) is 7.09. The van der Waals surface area contributed by atoms with E-state index in [9.17, 15) is 5.26 Å². The summed E-state index contributed by atoms with van der Waals surface area (Å²) >= 11 is 0. The molecule has 0 bridgehead atoms. The molecular formula is C24H22N3+. The average molecular weight is 352 g/mol. The molecule has 4 rings (SSSR count). The highest BCUT2D eigenvalue weighted by atomic mass is 15.2. The number of imidazole rings is 1. The first-order chi connectivity index (χ1) is 13.0. The summed E-state index contributed by atoms with van der Waals surface area (Å²) in [4.78, 5) is 0. The van der Waals surface area contributed by atoms with Crippen LogP contribution in [0.15, 0.2) is 60.7 Å². The van der Waals surface area contributed by atoms with Crippen molar-refractivity contribution in [3.63, 3.8) is 0 Å². The molecule has 0 spiro atoms. The highest BCUT2D eigenvalue weighted by Gasteiger charge is 2.28. The van der Waals surface area contributed by atoms with Crippen molar-refractivity contribution >= 4 is 11.0 Å². The van der Waals surface area contributed by atoms with Crippen LogP contribution < -0.4 is 4.57 Å². The zero-order valence-electron chi connectivity index (χ0n) is 16.1. The molecule has 1 aromatic heterocycles. The monoisotopic (exact) mass is 352 g/mol. The summed E-state index contributed by atoms with van der Waals surface area (Å²) in [7, 11) is 2.11. The van der Waals surface area contributed by atoms with Crippen LogP contribution in [0.5, 0.6) is 0 Å². The molecule has 0 atom stereocenters. The lowest BCUT2D eigenvalue weighted by atomic mass is 10.0. The summed E-state index contributed by atoms with van der Waals surface area (Å²) in [5.41, 5.74) is 8.97. The smallest absolute Gasteiger partial charge is 0.225 e. The van der Waals surface area contributed by atoms with Gasteiger partial charge in [-0.2, -0.15) is 9.83 Å². The lowest BCUT2D eigenvalue weighted by Gasteiger charge is -2.11. The molecule has 0 radical (unpaired) electrons. The maximum absolute atomic E-state index is 9.24. The number of aromatic nitrogens is 2. The Kier molecular flexibility index (Phi) is 4.05. The van der Waals surface area contributed by atoms with E-state index < -0.39 is 0 Å². The van der Waals surface area contributed by atoms with Gasteiger partial charge in [0.1, 0.15) is 5.69 Å². The normalized spacial score (nSPS) is 10.9. The molecule has 0 unspecified atom stereocenters. The summed E-state index contributed by atoms with van der Waals surface area (Å²) in [6, 6.07) is 23.1. The Morgan fingerprint density at radius 2 is 1.56 bits per heavy atom. The summed E-state index contributed by atoms with van der Waals surface area (Å²) in [5, 5.41) is 9.24. The summed E-state index contributed by atoms with van der Waals surface area (Å²) in [5.74, 6) is 1.12. The number of fused-ring (bicyclic) bond motifs is 1. The molecule has 3 nitrogen and oxygen atoms in total. The topological polar surface area (TPSA) is 32.6 Å². The van der Waals surface area contributed by atoms with Crippen LogP contribution in [0.2, 0.25) is 0 Å². The third kappa shape index (κ3) is 2.62. The molecule has 27 heavy (non-hydrogen) atoms. The van der Waals surface area contributed by atoms with Gasteiger partial charge in [-0.3, -0.25) is 0 Å². The number of rotatable bonds is 2. The second kappa shape index (κ2) is 6.41. The quantitative estimate of drug-likeness (QED) is 0.471. The molecule has 1 heterocycles. The number of benzene rings is 3. The Morgan fingerprint density at radius 1 is 0.852 bits per heavy atom. The third-order valence-corrected chi connectivity index (χ3v) is 5.27. The van der Waals surface area contributed by atoms with Gasteiger partial charge in [0.2, 0.25) is 0 Å². The van der Waals surface area contributed by atoms with Gasteiger partial charge in [-0.25, -0.2) is 4.57 Å². The highest BCUT2D eigenvalue weighted by molar-refractivity contribution is 5.80. The molecule has 0 saturated carbocycles. The van der Waals surface area contributed by atoms with Crippen LogP contribution >= 0.6 is 0 Å². The minimum Gasteiger partial charge on any atom is -0.225 e. The van der Waals surface area contributed by atoms with E-state index in [1.54, 1.807) is 0 Å². The Morgan fingerprint density at radius 3 is 2.22 bits per heavy atom. The second-order valence-electron chi connectivity index (χ2n) is 7.09. The fourth-order valence-corrected chi connectivity index (χ4v) is 3.99. The molecule has 0 saturated heterocycles. The van der Waals surface area contributed by atoms with Gasteiger partial charge in [0, 0.05) is 0 Å². The SMILES string of the molecule is Cc1cc(C#N)ccc1-c1n(-c2c(C)cccc2C)c2ccccc2[n+]1C. The van der Waals surface area contributed by atoms with Crippen molar-refractivity contribution < 1.29 is 4.57 Å². The van der Waals surface area contributed by atoms with Gasteiger partial charge in [-0.15, -0.1) is 0 Å². The Hall–Kier alpha value is -3.38. The first-order valence-electron chi connectivity index (χ1n) is 9.10. The molecule has 0 fully saturated rings. The zero-order valence-corrected chi connectivity index (χ0v) is 16.1. The van der Waals surface area contributed by atoms with E-state index >= 15 is 0 Å². The van der Waals surface area contributed by atoms with Crippen molar-refractivity contribution in [1.29, 1.82) is 5.26 Å². The van der Waals surface area contributed by atoms with Gasteiger partial charge in [-0.1, -0.05) is 30.3 Å². The number of nitriles is 1. The Bertz CT molecular complexity index is 1200. The van der Waals surface area contributed by atoms with Gasteiger partial charge in [-0.05, 0) is 67.8 Å². The lowest BCUT2D eigenvalue weighted by Crippen LogP contribution is -2.30. The van der Waals surface area contributed by atoms with Crippen LogP contribution in [0.1, 0.15) is 22.3 Å². The minimum absolute atomic E-state index is 0.689. The molecule has 0 aliphatic heterocycles. The largest absolute Gasteiger partial charge is 0.295 e. The average Bonchev–Trinajstić information content (AvgIpc) is 2.94. The molecule has 132 valence electrons. The van der Waals surface area contributed by atoms with E-state index in [4.69, 9.17) is 0 Å². The fourth-order valence-electron chi connectivity index (χ4n) is 3.99. The van der Waals surface area contributed by atoms with Gasteiger partial charge in [0.25, 0.3) is 5.82 Å². The third-order valence-electron chi connectivity index (χ3n) is 5.27. The van der Waals surface area contributed by atoms with E-state index in [-0.39, 0.29) is 0 Å². The predicted molar refractivity (Wildman–Crippen MR) is 109 cm³/mol. The lowest BCUT2D eigenvalue weighted by molar-refractivity contribution is -0.633. The van der Waals surface area contributed by atoms with E-state index in [0.717, 1.165) is 17.0 Å². The molecule has 3 heteroatoms. The van der Waals surface area contributed by atoms with Crippen molar-refractivity contribution in [2.24, 2.45) is 7.05 Å². The maximum Gasteiger partial charge on any atom is 0.295 e. The van der Waals surface area contributed by atoms with E-state index in [0.29, 0.717) is 5.56 Å². The van der Waals surface area contributed by atoms with Crippen LogP contribution in [-0.4, -0.2) is 4.57 Å². The van der Waals surface area contributed by atoms with E-state index in [1.807, 2.05) is 12.1 Å². The van der Waals surface area contributed by atoms with Crippen LogP contribution in [-0.2, 0) is 7.05 Å². The van der Waals surface area contributed by atoms with Gasteiger partial charge < -0.3 is 0 Å². The number of aryl methyl sites for hydroxylation is 4. The van der Waals surface area contributed by atoms with Crippen molar-refractivity contribution in [1.82, 2.24) is 4.57 Å². The van der Waals surface area contributed by atoms with Crippen LogP contribution in [0, 0.1) is 32.1 Å². The summed E-state index contributed by atoms with van der Waals surface area (Å²) in [6.45, 7) is 6.39. The molecule has 0 aliphatic rings. The number of hydrogen-bond acceptors (Lipinski definition) is 1. The molecule has 0 N–H and O–H groups in total. The van der Waals surface area contributed by atoms with Crippen molar-refractivity contribution in [2.75, 3.05) is 0 Å². The molecule has 4 aromatic rings. The van der Waals surface area contributed by atoms with Crippen molar-refractivity contribution in [2.45, 2.75) is 20.8 Å². The van der Waals surface area contributed by atoms with Gasteiger partial charge >= 0.3 is 0 Å². The molecule has 0 aliphatic carbocycles. The van der Waals surface area contributed by atoms with Crippen molar-refractivity contribution in [3.8, 4) is 23.1 Å². The Balaban J connectivity index is 2.17. The van der Waals surface area contributed by atoms with Crippen molar-refractivity contribution in [3.05, 3.63) is 82.9 Å². The summed E-state index contributed by atoms with van der Waals surface area (Å²) in [6.07, 6.45) is 0. The van der Waals surface area contributed by atoms with Crippen LogP contribution in [0.25, 0.3) is 28.1 Å². The first kappa shape index (κ1) is 17.1. The number of hydrogen-bond donors (Lipinski definition) is 0. The van der Waals surface area contributed by atoms with Gasteiger partial charge in [0.15, 0.2) is 11.0 Å². The highest BCUT2D eigenvalue weighted by Crippen LogP contribution is 2.32. The number of para-hydroxylation sites is 3. The van der Waals surface area contributed by atoms with Gasteiger partial charge in [0.05, 0.1) is 24.2 Å².